The Bertz CT molecular complexity index is 1520. The zero-order valence-electron chi connectivity index (χ0n) is 26.1. The number of hydrogen-bond acceptors (Lipinski definition) is 3. The van der Waals surface area contributed by atoms with Crippen molar-refractivity contribution >= 4 is 10.1 Å². The highest BCUT2D eigenvalue weighted by Crippen LogP contribution is 2.64. The normalized spacial score (nSPS) is 15.0. The van der Waals surface area contributed by atoms with Crippen molar-refractivity contribution in [3.63, 3.8) is 0 Å². The minimum absolute atomic E-state index is 0.0703. The zero-order chi connectivity index (χ0) is 40.2. The van der Waals surface area contributed by atoms with E-state index in [0.29, 0.717) is 0 Å². The highest BCUT2D eigenvalue weighted by Gasteiger charge is 2.95. The number of hydrogen-bond donors (Lipinski definition) is 0. The fraction of sp³-hybridized carbons (Fsp3) is 0.571. The third-order valence-electron chi connectivity index (χ3n) is 6.65. The van der Waals surface area contributed by atoms with Crippen LogP contribution >= 0.6 is 0 Å². The van der Waals surface area contributed by atoms with Crippen molar-refractivity contribution < 1.29 is 109 Å². The monoisotopic (exact) mass is 892 g/mol. The Balaban J connectivity index is 0.000000523. The first kappa shape index (κ1) is 45.9. The molecule has 0 fully saturated rings. The fourth-order valence-electron chi connectivity index (χ4n) is 3.46. The van der Waals surface area contributed by atoms with Crippen LogP contribution in [0.1, 0.15) is 52.7 Å². The Hall–Kier alpha value is -2.11. The first-order chi connectivity index (χ1) is 21.7. The van der Waals surface area contributed by atoms with E-state index in [2.05, 4.69) is 90.1 Å². The largest absolute Gasteiger partial charge is 0.743 e. The van der Waals surface area contributed by atoms with E-state index in [0.717, 1.165) is 0 Å². The molecule has 0 aliphatic carbocycles. The molecule has 50 heavy (non-hydrogen) atoms. The van der Waals surface area contributed by atoms with Gasteiger partial charge in [-0.25, -0.2) is 8.42 Å². The maximum absolute atomic E-state index is 13.0. The van der Waals surface area contributed by atoms with Crippen LogP contribution in [0.4, 0.5) is 74.6 Å². The highest BCUT2D eigenvalue weighted by molar-refractivity contribution is 7.86. The molecule has 0 N–H and O–H groups in total. The summed E-state index contributed by atoms with van der Waals surface area (Å²) in [7, 11) is -8.14. The maximum atomic E-state index is 13.0. The summed E-state index contributed by atoms with van der Waals surface area (Å²) in [6.45, 7) is 13.6. The Morgan fingerprint density at radius 2 is 0.680 bits per heavy atom. The third-order valence-corrected chi connectivity index (χ3v) is 10.2. The van der Waals surface area contributed by atoms with E-state index in [1.807, 2.05) is 0 Å². The first-order valence-electron chi connectivity index (χ1n) is 13.2. The topological polar surface area (TPSA) is 57.2 Å². The summed E-state index contributed by atoms with van der Waals surface area (Å²) in [5, 5.41) is -7.95. The molecule has 0 heterocycles. The number of rotatable bonds is 9. The van der Waals surface area contributed by atoms with Crippen LogP contribution in [0.3, 0.4) is 0 Å². The lowest BCUT2D eigenvalue weighted by atomic mass is 9.87. The number of benzene rings is 2. The van der Waals surface area contributed by atoms with Gasteiger partial charge in [0.25, 0.3) is 0 Å². The summed E-state index contributed by atoms with van der Waals surface area (Å²) in [5.74, 6) is -52.1. The van der Waals surface area contributed by atoms with Gasteiger partial charge in [0.05, 0.1) is 0 Å². The van der Waals surface area contributed by atoms with E-state index in [-0.39, 0.29) is 32.0 Å². The lowest BCUT2D eigenvalue weighted by Gasteiger charge is -2.42. The molecule has 0 amide bonds. The van der Waals surface area contributed by atoms with Gasteiger partial charge in [-0.05, 0) is 46.2 Å². The van der Waals surface area contributed by atoms with Crippen molar-refractivity contribution in [3.05, 3.63) is 66.8 Å². The molecule has 0 saturated carbocycles. The van der Waals surface area contributed by atoms with Gasteiger partial charge in [-0.3, -0.25) is 0 Å². The summed E-state index contributed by atoms with van der Waals surface area (Å²) in [6, 6.07) is 18.4. The Labute approximate surface area is 284 Å². The van der Waals surface area contributed by atoms with Crippen LogP contribution in [0.25, 0.3) is 0 Å². The summed E-state index contributed by atoms with van der Waals surface area (Å²) in [6.07, 6.45) is -7.89. The molecule has 0 aliphatic heterocycles. The van der Waals surface area contributed by atoms with Gasteiger partial charge in [0.15, 0.2) is 17.3 Å². The van der Waals surface area contributed by atoms with Gasteiger partial charge in [-0.2, -0.15) is 74.6 Å². The predicted molar refractivity (Wildman–Crippen MR) is 138 cm³/mol. The second-order valence-electron chi connectivity index (χ2n) is 12.5. The quantitative estimate of drug-likeness (QED) is 0.157. The molecule has 22 heteroatoms. The summed E-state index contributed by atoms with van der Waals surface area (Å²) < 4.78 is 247. The van der Waals surface area contributed by atoms with Crippen LogP contribution < -0.4 is 21.2 Å². The summed E-state index contributed by atoms with van der Waals surface area (Å²) in [5.41, 5.74) is 3.31. The van der Waals surface area contributed by atoms with Crippen LogP contribution in [0, 0.1) is 7.14 Å². The molecule has 2 aromatic carbocycles. The molecule has 0 bridgehead atoms. The molecule has 0 aromatic heterocycles. The van der Waals surface area contributed by atoms with Gasteiger partial charge in [0, 0.05) is 0 Å². The second kappa shape index (κ2) is 13.7. The molecular weight excluding hydrogens is 866 g/mol. The van der Waals surface area contributed by atoms with Crippen molar-refractivity contribution in [1.29, 1.82) is 0 Å². The SMILES string of the molecule is CC(C)(C)c1ccc([I+]c2ccc(C(C)(C)C)cc2)cc1.O=S(=O)([O-])C(F)(F)C(F)(F)C(F)(F)C(F)(F)C(F)(F)C(F)(F)C(F)(F)C(F)(F)F. The maximum Gasteiger partial charge on any atom is 0.460 e. The number of alkyl halides is 17. The lowest BCUT2D eigenvalue weighted by molar-refractivity contribution is -0.597. The van der Waals surface area contributed by atoms with Gasteiger partial charge in [0.2, 0.25) is 0 Å². The van der Waals surface area contributed by atoms with Crippen LogP contribution in [-0.2, 0) is 20.9 Å². The minimum atomic E-state index is -8.92. The molecule has 0 aliphatic rings. The van der Waals surface area contributed by atoms with Crippen molar-refractivity contribution in [2.45, 2.75) is 99.3 Å². The highest BCUT2D eigenvalue weighted by atomic mass is 127. The minimum Gasteiger partial charge on any atom is -0.743 e. The molecule has 0 atom stereocenters. The Morgan fingerprint density at radius 1 is 0.440 bits per heavy atom. The molecule has 0 spiro atoms. The average Bonchev–Trinajstić information content (AvgIpc) is 2.91. The van der Waals surface area contributed by atoms with Gasteiger partial charge >= 0.3 is 68.2 Å². The summed E-state index contributed by atoms with van der Waals surface area (Å²) >= 11 is -0.0703. The van der Waals surface area contributed by atoms with Crippen LogP contribution in [0.15, 0.2) is 48.5 Å². The van der Waals surface area contributed by atoms with E-state index < -0.39 is 57.1 Å². The predicted octanol–water partition coefficient (Wildman–Crippen LogP) is 6.91. The first-order valence-corrected chi connectivity index (χ1v) is 16.8. The lowest BCUT2D eigenvalue weighted by Crippen LogP contribution is -3.61. The zero-order valence-corrected chi connectivity index (χ0v) is 29.0. The Morgan fingerprint density at radius 3 is 0.900 bits per heavy atom. The van der Waals surface area contributed by atoms with E-state index in [4.69, 9.17) is 0 Å². The third kappa shape index (κ3) is 8.25. The smallest absolute Gasteiger partial charge is 0.460 e. The van der Waals surface area contributed by atoms with Crippen LogP contribution in [0.2, 0.25) is 0 Å². The van der Waals surface area contributed by atoms with Gasteiger partial charge in [-0.15, -0.1) is 0 Å². The van der Waals surface area contributed by atoms with Gasteiger partial charge in [-0.1, -0.05) is 65.8 Å². The average molecular weight is 892 g/mol. The van der Waals surface area contributed by atoms with Crippen LogP contribution in [-0.4, -0.2) is 59.9 Å². The molecule has 0 radical (unpaired) electrons. The number of halogens is 18. The van der Waals surface area contributed by atoms with Crippen LogP contribution in [0.5, 0.6) is 0 Å². The fourth-order valence-corrected chi connectivity index (χ4v) is 6.06. The van der Waals surface area contributed by atoms with E-state index in [1.54, 1.807) is 0 Å². The van der Waals surface area contributed by atoms with E-state index in [1.165, 1.54) is 18.3 Å². The molecular formula is C28H26F17IO3S. The standard InChI is InChI=1S/C20H26I.C8HF17O3S/c1-19(2,3)15-7-11-17(12-8-15)21-18-13-9-16(10-14-18)20(4,5)6;9-1(10,3(13,14)5(17,18)7(21,22)23)2(11,12)4(15,16)6(19,20)8(24,25)29(26,27)28/h7-14H,1-6H3;(H,26,27,28)/q+1;/p-1. The van der Waals surface area contributed by atoms with Gasteiger partial charge < -0.3 is 4.55 Å². The Kier molecular flexibility index (Phi) is 12.6. The van der Waals surface area contributed by atoms with Crippen molar-refractivity contribution in [2.24, 2.45) is 0 Å². The van der Waals surface area contributed by atoms with E-state index in [9.17, 15) is 87.6 Å². The second-order valence-corrected chi connectivity index (χ2v) is 17.0. The molecule has 3 nitrogen and oxygen atoms in total. The van der Waals surface area contributed by atoms with E-state index >= 15 is 0 Å². The van der Waals surface area contributed by atoms with Gasteiger partial charge in [0.1, 0.15) is 0 Å². The molecule has 2 rings (SSSR count). The summed E-state index contributed by atoms with van der Waals surface area (Å²) in [4.78, 5) is 0. The van der Waals surface area contributed by atoms with Crippen molar-refractivity contribution in [2.75, 3.05) is 0 Å². The van der Waals surface area contributed by atoms with Crippen molar-refractivity contribution in [3.8, 4) is 0 Å². The molecule has 0 saturated heterocycles. The molecule has 2 aromatic rings. The molecule has 288 valence electrons. The van der Waals surface area contributed by atoms with Crippen molar-refractivity contribution in [1.82, 2.24) is 0 Å². The molecule has 0 unspecified atom stereocenters.